The van der Waals surface area contributed by atoms with Crippen molar-refractivity contribution in [2.45, 2.75) is 26.2 Å². The average Bonchev–Trinajstić information content (AvgIpc) is 1.92. The van der Waals surface area contributed by atoms with Crippen molar-refractivity contribution in [3.63, 3.8) is 0 Å². The summed E-state index contributed by atoms with van der Waals surface area (Å²) in [5.74, 6) is -0.122. The van der Waals surface area contributed by atoms with Gasteiger partial charge in [0.15, 0.2) is 0 Å². The SMILES string of the molecule is CC(C)(C)c1ccc(I)c(F)c1. The van der Waals surface area contributed by atoms with E-state index in [1.807, 2.05) is 34.7 Å². The van der Waals surface area contributed by atoms with Crippen LogP contribution in [0.25, 0.3) is 0 Å². The van der Waals surface area contributed by atoms with E-state index in [9.17, 15) is 4.39 Å². The second-order valence-corrected chi connectivity index (χ2v) is 5.04. The Bertz CT molecular complexity index is 286. The van der Waals surface area contributed by atoms with Crippen molar-refractivity contribution in [1.82, 2.24) is 0 Å². The molecule has 0 aromatic heterocycles. The molecule has 0 nitrogen and oxygen atoms in total. The fraction of sp³-hybridized carbons (Fsp3) is 0.400. The minimum atomic E-state index is -0.122. The Hall–Kier alpha value is -0.120. The van der Waals surface area contributed by atoms with E-state index in [1.54, 1.807) is 6.07 Å². The molecule has 0 aliphatic rings. The van der Waals surface area contributed by atoms with Crippen molar-refractivity contribution in [3.05, 3.63) is 33.1 Å². The molecule has 1 aromatic rings. The van der Waals surface area contributed by atoms with Crippen LogP contribution in [-0.4, -0.2) is 0 Å². The Kier molecular flexibility index (Phi) is 2.76. The minimum Gasteiger partial charge on any atom is -0.206 e. The zero-order valence-corrected chi connectivity index (χ0v) is 9.65. The van der Waals surface area contributed by atoms with Crippen molar-refractivity contribution in [1.29, 1.82) is 0 Å². The summed E-state index contributed by atoms with van der Waals surface area (Å²) in [5, 5.41) is 0. The number of hydrogen-bond acceptors (Lipinski definition) is 0. The first kappa shape index (κ1) is 9.96. The van der Waals surface area contributed by atoms with Crippen LogP contribution < -0.4 is 0 Å². The lowest BCUT2D eigenvalue weighted by molar-refractivity contribution is 0.569. The highest BCUT2D eigenvalue weighted by Crippen LogP contribution is 2.24. The van der Waals surface area contributed by atoms with Crippen LogP contribution in [0.2, 0.25) is 0 Å². The van der Waals surface area contributed by atoms with Crippen molar-refractivity contribution >= 4 is 22.6 Å². The van der Waals surface area contributed by atoms with Crippen LogP contribution in [0.4, 0.5) is 4.39 Å². The quantitative estimate of drug-likeness (QED) is 0.634. The van der Waals surface area contributed by atoms with Gasteiger partial charge < -0.3 is 0 Å². The Labute approximate surface area is 86.3 Å². The molecule has 2 heteroatoms. The minimum absolute atomic E-state index is 0.0329. The van der Waals surface area contributed by atoms with Gasteiger partial charge >= 0.3 is 0 Å². The highest BCUT2D eigenvalue weighted by Gasteiger charge is 2.14. The van der Waals surface area contributed by atoms with Crippen molar-refractivity contribution < 1.29 is 4.39 Å². The largest absolute Gasteiger partial charge is 0.206 e. The van der Waals surface area contributed by atoms with Gasteiger partial charge in [-0.05, 0) is 45.7 Å². The highest BCUT2D eigenvalue weighted by atomic mass is 127. The van der Waals surface area contributed by atoms with E-state index in [2.05, 4.69) is 20.8 Å². The molecular formula is C10H12FI. The molecule has 0 aliphatic heterocycles. The maximum absolute atomic E-state index is 13.1. The third kappa shape index (κ3) is 2.19. The molecule has 0 saturated heterocycles. The molecule has 0 saturated carbocycles. The van der Waals surface area contributed by atoms with Gasteiger partial charge in [0, 0.05) is 3.57 Å². The standard InChI is InChI=1S/C10H12FI/c1-10(2,3)7-4-5-9(12)8(11)6-7/h4-6H,1-3H3. The van der Waals surface area contributed by atoms with E-state index >= 15 is 0 Å². The maximum Gasteiger partial charge on any atom is 0.136 e. The molecule has 12 heavy (non-hydrogen) atoms. The highest BCUT2D eigenvalue weighted by molar-refractivity contribution is 14.1. The predicted octanol–water partition coefficient (Wildman–Crippen LogP) is 3.73. The lowest BCUT2D eigenvalue weighted by Gasteiger charge is -2.18. The second kappa shape index (κ2) is 3.32. The molecule has 0 atom stereocenters. The average molecular weight is 278 g/mol. The molecule has 0 bridgehead atoms. The van der Waals surface area contributed by atoms with Crippen LogP contribution in [0.3, 0.4) is 0 Å². The van der Waals surface area contributed by atoms with Gasteiger partial charge in [-0.25, -0.2) is 4.39 Å². The van der Waals surface area contributed by atoms with Crippen LogP contribution in [0.15, 0.2) is 18.2 Å². The number of benzene rings is 1. The molecule has 0 fully saturated rings. The molecule has 1 rings (SSSR count). The van der Waals surface area contributed by atoms with Gasteiger partial charge in [-0.2, -0.15) is 0 Å². The maximum atomic E-state index is 13.1. The van der Waals surface area contributed by atoms with Gasteiger partial charge in [-0.15, -0.1) is 0 Å². The fourth-order valence-electron chi connectivity index (χ4n) is 0.963. The number of rotatable bonds is 0. The first-order valence-electron chi connectivity index (χ1n) is 3.87. The first-order chi connectivity index (χ1) is 5.41. The molecule has 0 amide bonds. The van der Waals surface area contributed by atoms with Crippen molar-refractivity contribution in [3.8, 4) is 0 Å². The van der Waals surface area contributed by atoms with Crippen molar-refractivity contribution in [2.24, 2.45) is 0 Å². The molecule has 0 spiro atoms. The first-order valence-corrected chi connectivity index (χ1v) is 4.94. The van der Waals surface area contributed by atoms with Crippen LogP contribution >= 0.6 is 22.6 Å². The molecule has 0 radical (unpaired) electrons. The van der Waals surface area contributed by atoms with E-state index in [0.29, 0.717) is 3.57 Å². The van der Waals surface area contributed by atoms with Crippen LogP contribution in [0, 0.1) is 9.39 Å². The topological polar surface area (TPSA) is 0 Å². The molecule has 66 valence electrons. The van der Waals surface area contributed by atoms with Gasteiger partial charge in [-0.3, -0.25) is 0 Å². The number of halogens is 2. The fourth-order valence-corrected chi connectivity index (χ4v) is 1.30. The van der Waals surface area contributed by atoms with Gasteiger partial charge in [0.05, 0.1) is 0 Å². The lowest BCUT2D eigenvalue weighted by Crippen LogP contribution is -2.11. The van der Waals surface area contributed by atoms with Crippen LogP contribution in [-0.2, 0) is 5.41 Å². The molecule has 0 aliphatic carbocycles. The van der Waals surface area contributed by atoms with E-state index in [4.69, 9.17) is 0 Å². The summed E-state index contributed by atoms with van der Waals surface area (Å²) in [4.78, 5) is 0. The summed E-state index contributed by atoms with van der Waals surface area (Å²) >= 11 is 1.99. The smallest absolute Gasteiger partial charge is 0.136 e. The Morgan fingerprint density at radius 3 is 2.25 bits per heavy atom. The van der Waals surface area contributed by atoms with E-state index in [-0.39, 0.29) is 11.2 Å². The summed E-state index contributed by atoms with van der Waals surface area (Å²) in [6, 6.07) is 5.41. The molecular weight excluding hydrogens is 266 g/mol. The Morgan fingerprint density at radius 1 is 1.25 bits per heavy atom. The summed E-state index contributed by atoms with van der Waals surface area (Å²) in [7, 11) is 0. The summed E-state index contributed by atoms with van der Waals surface area (Å²) in [6.07, 6.45) is 0. The van der Waals surface area contributed by atoms with Gasteiger partial charge in [-0.1, -0.05) is 26.8 Å². The zero-order valence-electron chi connectivity index (χ0n) is 7.49. The van der Waals surface area contributed by atoms with Crippen molar-refractivity contribution in [2.75, 3.05) is 0 Å². The van der Waals surface area contributed by atoms with E-state index < -0.39 is 0 Å². The third-order valence-corrected chi connectivity index (χ3v) is 2.66. The molecule has 0 heterocycles. The van der Waals surface area contributed by atoms with Crippen LogP contribution in [0.1, 0.15) is 26.3 Å². The summed E-state index contributed by atoms with van der Waals surface area (Å²) < 4.78 is 13.8. The second-order valence-electron chi connectivity index (χ2n) is 3.88. The monoisotopic (exact) mass is 278 g/mol. The predicted molar refractivity (Wildman–Crippen MR) is 57.8 cm³/mol. The van der Waals surface area contributed by atoms with Crippen LogP contribution in [0.5, 0.6) is 0 Å². The Balaban J connectivity index is 3.14. The lowest BCUT2D eigenvalue weighted by atomic mass is 9.87. The van der Waals surface area contributed by atoms with Gasteiger partial charge in [0.2, 0.25) is 0 Å². The third-order valence-electron chi connectivity index (χ3n) is 1.79. The van der Waals surface area contributed by atoms with E-state index in [0.717, 1.165) is 5.56 Å². The molecule has 1 aromatic carbocycles. The molecule has 0 N–H and O–H groups in total. The van der Waals surface area contributed by atoms with E-state index in [1.165, 1.54) is 0 Å². The van der Waals surface area contributed by atoms with Gasteiger partial charge in [0.1, 0.15) is 5.82 Å². The van der Waals surface area contributed by atoms with Gasteiger partial charge in [0.25, 0.3) is 0 Å². The zero-order chi connectivity index (χ0) is 9.35. The number of hydrogen-bond donors (Lipinski definition) is 0. The molecule has 0 unspecified atom stereocenters. The summed E-state index contributed by atoms with van der Waals surface area (Å²) in [6.45, 7) is 6.23. The summed E-state index contributed by atoms with van der Waals surface area (Å²) in [5.41, 5.74) is 1.07. The normalized spacial score (nSPS) is 11.8. The Morgan fingerprint density at radius 2 is 1.83 bits per heavy atom.